The standard InChI is InChI=1S/C23H22FN3O/c1-15-23(27-21(28)9-5-8-16-6-3-2-4-7-16)26-20-13-10-17-14-18(24)11-12-19(17)22(20)25-15/h2-4,6-7,11-12,14H,5,8-10,13H2,1H3,(H,26,27,28). The molecule has 1 amide bonds. The fourth-order valence-corrected chi connectivity index (χ4v) is 3.61. The highest BCUT2D eigenvalue weighted by atomic mass is 19.1. The zero-order valence-corrected chi connectivity index (χ0v) is 15.8. The molecule has 0 aliphatic heterocycles. The van der Waals surface area contributed by atoms with Crippen LogP contribution in [0.5, 0.6) is 0 Å². The largest absolute Gasteiger partial charge is 0.309 e. The average Bonchev–Trinajstić information content (AvgIpc) is 2.69. The Bertz CT molecular complexity index is 1020. The third-order valence-corrected chi connectivity index (χ3v) is 5.07. The molecular weight excluding hydrogens is 353 g/mol. The van der Waals surface area contributed by atoms with Gasteiger partial charge in [0.1, 0.15) is 5.82 Å². The number of anilines is 1. The molecule has 1 aliphatic rings. The van der Waals surface area contributed by atoms with Gasteiger partial charge >= 0.3 is 0 Å². The maximum absolute atomic E-state index is 13.5. The first kappa shape index (κ1) is 18.3. The molecule has 1 heterocycles. The van der Waals surface area contributed by atoms with Crippen molar-refractivity contribution in [3.05, 3.63) is 76.9 Å². The molecule has 5 heteroatoms. The van der Waals surface area contributed by atoms with Crippen molar-refractivity contribution in [2.45, 2.75) is 39.0 Å². The number of benzene rings is 2. The molecule has 2 aromatic carbocycles. The maximum atomic E-state index is 13.5. The van der Waals surface area contributed by atoms with Crippen LogP contribution in [0, 0.1) is 12.7 Å². The first-order valence-corrected chi connectivity index (χ1v) is 9.60. The number of halogens is 1. The summed E-state index contributed by atoms with van der Waals surface area (Å²) in [6, 6.07) is 14.9. The highest BCUT2D eigenvalue weighted by Crippen LogP contribution is 2.32. The summed E-state index contributed by atoms with van der Waals surface area (Å²) in [5.41, 5.74) is 5.44. The Kier molecular flexibility index (Phi) is 5.15. The van der Waals surface area contributed by atoms with Crippen LogP contribution in [0.15, 0.2) is 48.5 Å². The van der Waals surface area contributed by atoms with Gasteiger partial charge in [0.05, 0.1) is 17.1 Å². The molecule has 4 rings (SSSR count). The first-order chi connectivity index (χ1) is 13.6. The maximum Gasteiger partial charge on any atom is 0.225 e. The molecule has 0 saturated carbocycles. The molecule has 142 valence electrons. The number of aromatic nitrogens is 2. The Hall–Kier alpha value is -3.08. The molecule has 28 heavy (non-hydrogen) atoms. The molecule has 0 unspecified atom stereocenters. The number of amides is 1. The molecular formula is C23H22FN3O. The summed E-state index contributed by atoms with van der Waals surface area (Å²) in [6.45, 7) is 1.84. The van der Waals surface area contributed by atoms with E-state index >= 15 is 0 Å². The van der Waals surface area contributed by atoms with Gasteiger partial charge in [-0.3, -0.25) is 4.79 Å². The third-order valence-electron chi connectivity index (χ3n) is 5.07. The van der Waals surface area contributed by atoms with E-state index in [0.29, 0.717) is 24.4 Å². The minimum atomic E-state index is -0.230. The molecule has 0 bridgehead atoms. The van der Waals surface area contributed by atoms with Gasteiger partial charge in [0, 0.05) is 12.0 Å². The lowest BCUT2D eigenvalue weighted by molar-refractivity contribution is -0.116. The minimum Gasteiger partial charge on any atom is -0.309 e. The zero-order valence-electron chi connectivity index (χ0n) is 15.8. The van der Waals surface area contributed by atoms with Crippen LogP contribution < -0.4 is 5.32 Å². The molecule has 0 saturated heterocycles. The topological polar surface area (TPSA) is 54.9 Å². The minimum absolute atomic E-state index is 0.0495. The number of nitrogens with zero attached hydrogens (tertiary/aromatic N) is 2. The fourth-order valence-electron chi connectivity index (χ4n) is 3.61. The molecule has 4 nitrogen and oxygen atoms in total. The number of aryl methyl sites for hydroxylation is 4. The van der Waals surface area contributed by atoms with Crippen molar-refractivity contribution in [2.24, 2.45) is 0 Å². The molecule has 3 aromatic rings. The summed E-state index contributed by atoms with van der Waals surface area (Å²) in [6.07, 6.45) is 3.51. The molecule has 1 aliphatic carbocycles. The van der Waals surface area contributed by atoms with Gasteiger partial charge in [-0.2, -0.15) is 0 Å². The van der Waals surface area contributed by atoms with Gasteiger partial charge in [0.15, 0.2) is 5.82 Å². The van der Waals surface area contributed by atoms with Crippen molar-refractivity contribution in [3.63, 3.8) is 0 Å². The van der Waals surface area contributed by atoms with Crippen molar-refractivity contribution in [2.75, 3.05) is 5.32 Å². The Morgan fingerprint density at radius 2 is 1.93 bits per heavy atom. The van der Waals surface area contributed by atoms with E-state index in [1.807, 2.05) is 25.1 Å². The van der Waals surface area contributed by atoms with E-state index in [1.54, 1.807) is 12.1 Å². The van der Waals surface area contributed by atoms with Crippen molar-refractivity contribution in [1.82, 2.24) is 9.97 Å². The predicted molar refractivity (Wildman–Crippen MR) is 108 cm³/mol. The molecule has 0 fully saturated rings. The van der Waals surface area contributed by atoms with E-state index < -0.39 is 0 Å². The quantitative estimate of drug-likeness (QED) is 0.706. The number of hydrogen-bond donors (Lipinski definition) is 1. The van der Waals surface area contributed by atoms with Crippen LogP contribution in [0.1, 0.15) is 35.4 Å². The summed E-state index contributed by atoms with van der Waals surface area (Å²) in [4.78, 5) is 21.7. The van der Waals surface area contributed by atoms with Crippen LogP contribution in [-0.4, -0.2) is 15.9 Å². The predicted octanol–water partition coefficient (Wildman–Crippen LogP) is 4.65. The second-order valence-electron chi connectivity index (χ2n) is 7.14. The summed E-state index contributed by atoms with van der Waals surface area (Å²) in [5, 5.41) is 2.91. The van der Waals surface area contributed by atoms with Crippen molar-refractivity contribution in [3.8, 4) is 11.3 Å². The van der Waals surface area contributed by atoms with Crippen LogP contribution in [0.25, 0.3) is 11.3 Å². The highest BCUT2D eigenvalue weighted by Gasteiger charge is 2.21. The van der Waals surface area contributed by atoms with E-state index in [9.17, 15) is 9.18 Å². The van der Waals surface area contributed by atoms with Gasteiger partial charge in [-0.1, -0.05) is 30.3 Å². The van der Waals surface area contributed by atoms with E-state index in [2.05, 4.69) is 27.4 Å². The Balaban J connectivity index is 1.45. The highest BCUT2D eigenvalue weighted by molar-refractivity contribution is 5.90. The number of fused-ring (bicyclic) bond motifs is 3. The van der Waals surface area contributed by atoms with Gasteiger partial charge in [0.2, 0.25) is 5.91 Å². The van der Waals surface area contributed by atoms with Gasteiger partial charge in [-0.05, 0) is 61.9 Å². The smallest absolute Gasteiger partial charge is 0.225 e. The van der Waals surface area contributed by atoms with Crippen LogP contribution in [0.2, 0.25) is 0 Å². The van der Waals surface area contributed by atoms with Crippen LogP contribution in [0.4, 0.5) is 10.2 Å². The Morgan fingerprint density at radius 1 is 1.11 bits per heavy atom. The normalized spacial score (nSPS) is 12.2. The number of carbonyl (C=O) groups is 1. The number of carbonyl (C=O) groups excluding carboxylic acids is 1. The van der Waals surface area contributed by atoms with Gasteiger partial charge < -0.3 is 5.32 Å². The number of hydrogen-bond acceptors (Lipinski definition) is 3. The van der Waals surface area contributed by atoms with Crippen LogP contribution >= 0.6 is 0 Å². The van der Waals surface area contributed by atoms with Crippen LogP contribution in [0.3, 0.4) is 0 Å². The summed E-state index contributed by atoms with van der Waals surface area (Å²) in [5.74, 6) is 0.242. The van der Waals surface area contributed by atoms with Gasteiger partial charge in [0.25, 0.3) is 0 Å². The van der Waals surface area contributed by atoms with E-state index in [4.69, 9.17) is 0 Å². The first-order valence-electron chi connectivity index (χ1n) is 9.60. The molecule has 1 N–H and O–H groups in total. The molecule has 0 radical (unpaired) electrons. The average molecular weight is 375 g/mol. The lowest BCUT2D eigenvalue weighted by Gasteiger charge is -2.20. The monoisotopic (exact) mass is 375 g/mol. The number of rotatable bonds is 5. The second kappa shape index (κ2) is 7.89. The van der Waals surface area contributed by atoms with Gasteiger partial charge in [-0.25, -0.2) is 14.4 Å². The Labute approximate surface area is 163 Å². The second-order valence-corrected chi connectivity index (χ2v) is 7.14. The molecule has 1 aromatic heterocycles. The summed E-state index contributed by atoms with van der Waals surface area (Å²) >= 11 is 0. The Morgan fingerprint density at radius 3 is 2.75 bits per heavy atom. The summed E-state index contributed by atoms with van der Waals surface area (Å²) in [7, 11) is 0. The summed E-state index contributed by atoms with van der Waals surface area (Å²) < 4.78 is 13.5. The SMILES string of the molecule is Cc1nc2c(nc1NC(=O)CCCc1ccccc1)CCc1cc(F)ccc1-2. The lowest BCUT2D eigenvalue weighted by Crippen LogP contribution is -2.17. The van der Waals surface area contributed by atoms with Crippen molar-refractivity contribution >= 4 is 11.7 Å². The fraction of sp³-hybridized carbons (Fsp3) is 0.261. The lowest BCUT2D eigenvalue weighted by atomic mass is 9.91. The van der Waals surface area contributed by atoms with Crippen LogP contribution in [-0.2, 0) is 24.1 Å². The van der Waals surface area contributed by atoms with E-state index in [-0.39, 0.29) is 11.7 Å². The van der Waals surface area contributed by atoms with Gasteiger partial charge in [-0.15, -0.1) is 0 Å². The van der Waals surface area contributed by atoms with E-state index in [0.717, 1.165) is 41.8 Å². The number of nitrogens with one attached hydrogen (secondary N) is 1. The molecule has 0 spiro atoms. The van der Waals surface area contributed by atoms with E-state index in [1.165, 1.54) is 11.6 Å². The zero-order chi connectivity index (χ0) is 19.5. The third kappa shape index (κ3) is 3.93. The van der Waals surface area contributed by atoms with Crippen molar-refractivity contribution < 1.29 is 9.18 Å². The van der Waals surface area contributed by atoms with Crippen molar-refractivity contribution in [1.29, 1.82) is 0 Å². The molecule has 0 atom stereocenters.